The molecule has 4 heteroatoms. The van der Waals surface area contributed by atoms with Crippen molar-refractivity contribution in [2.45, 2.75) is 19.4 Å². The van der Waals surface area contributed by atoms with Crippen LogP contribution in [0.1, 0.15) is 24.2 Å². The minimum Gasteiger partial charge on any atom is -0.485 e. The highest BCUT2D eigenvalue weighted by Gasteiger charge is 2.30. The van der Waals surface area contributed by atoms with Gasteiger partial charge in [0.05, 0.1) is 0 Å². The summed E-state index contributed by atoms with van der Waals surface area (Å²) in [5.74, 6) is 1.69. The Kier molecular flexibility index (Phi) is 4.00. The van der Waals surface area contributed by atoms with Crippen LogP contribution in [0.25, 0.3) is 0 Å². The van der Waals surface area contributed by atoms with E-state index in [2.05, 4.69) is 41.5 Å². The summed E-state index contributed by atoms with van der Waals surface area (Å²) in [5, 5.41) is 3.03. The third kappa shape index (κ3) is 2.91. The van der Waals surface area contributed by atoms with Crippen LogP contribution in [0.5, 0.6) is 5.75 Å². The van der Waals surface area contributed by atoms with E-state index in [9.17, 15) is 0 Å². The number of ether oxygens (including phenoxy) is 1. The summed E-state index contributed by atoms with van der Waals surface area (Å²) in [7, 11) is 1.65. The Bertz CT molecular complexity index is 696. The van der Waals surface area contributed by atoms with Gasteiger partial charge in [-0.25, -0.2) is 0 Å². The summed E-state index contributed by atoms with van der Waals surface area (Å²) in [4.78, 5) is 3.90. The number of nitrogens with one attached hydrogen (secondary N) is 1. The van der Waals surface area contributed by atoms with E-state index in [0.717, 1.165) is 17.9 Å². The maximum Gasteiger partial charge on any atom is 0.192 e. The minimum atomic E-state index is 0.101. The van der Waals surface area contributed by atoms with Crippen LogP contribution >= 0.6 is 0 Å². The van der Waals surface area contributed by atoms with Crippen LogP contribution in [-0.4, -0.2) is 13.0 Å². The van der Waals surface area contributed by atoms with Crippen LogP contribution in [0.3, 0.4) is 0 Å². The fraction of sp³-hybridized carbons (Fsp3) is 0.278. The predicted molar refractivity (Wildman–Crippen MR) is 90.3 cm³/mol. The van der Waals surface area contributed by atoms with Crippen molar-refractivity contribution in [3.05, 3.63) is 59.7 Å². The van der Waals surface area contributed by atoms with Crippen LogP contribution < -0.4 is 15.8 Å². The molecule has 2 aromatic carbocycles. The number of guanidine groups is 1. The molecule has 0 aromatic heterocycles. The lowest BCUT2D eigenvalue weighted by Gasteiger charge is -2.20. The molecule has 0 bridgehead atoms. The van der Waals surface area contributed by atoms with E-state index in [4.69, 9.17) is 10.5 Å². The number of anilines is 1. The molecule has 1 unspecified atom stereocenters. The molecule has 0 saturated heterocycles. The number of fused-ring (bicyclic) bond motifs is 1. The predicted octanol–water partition coefficient (Wildman–Crippen LogP) is 3.36. The van der Waals surface area contributed by atoms with E-state index in [1.54, 1.807) is 7.05 Å². The van der Waals surface area contributed by atoms with Gasteiger partial charge in [0.1, 0.15) is 11.9 Å². The van der Waals surface area contributed by atoms with E-state index in [1.165, 1.54) is 11.1 Å². The van der Waals surface area contributed by atoms with Crippen molar-refractivity contribution >= 4 is 11.6 Å². The third-order valence-electron chi connectivity index (χ3n) is 4.03. The van der Waals surface area contributed by atoms with Gasteiger partial charge in [-0.1, -0.05) is 37.3 Å². The van der Waals surface area contributed by atoms with E-state index in [1.807, 2.05) is 24.3 Å². The standard InChI is InChI=1S/C18H21N3O/c1-12-10-13-6-3-4-9-16(13)17(12)22-15-8-5-7-14(11-15)21-18(19)20-2/h3-9,11-12,17H,10H2,1-2H3,(H3,19,20,21)/t12-,17?/m1/s1. The maximum atomic E-state index is 6.25. The first-order chi connectivity index (χ1) is 10.7. The average molecular weight is 295 g/mol. The van der Waals surface area contributed by atoms with Gasteiger partial charge < -0.3 is 15.8 Å². The molecular formula is C18H21N3O. The molecule has 0 radical (unpaired) electrons. The monoisotopic (exact) mass is 295 g/mol. The maximum absolute atomic E-state index is 6.25. The van der Waals surface area contributed by atoms with Gasteiger partial charge in [0.15, 0.2) is 5.96 Å². The summed E-state index contributed by atoms with van der Waals surface area (Å²) in [6, 6.07) is 16.3. The zero-order chi connectivity index (χ0) is 15.5. The zero-order valence-electron chi connectivity index (χ0n) is 12.9. The number of benzene rings is 2. The largest absolute Gasteiger partial charge is 0.485 e. The van der Waals surface area contributed by atoms with Crippen LogP contribution in [-0.2, 0) is 6.42 Å². The zero-order valence-corrected chi connectivity index (χ0v) is 12.9. The number of aliphatic imine (C=N–C) groups is 1. The van der Waals surface area contributed by atoms with Crippen molar-refractivity contribution < 1.29 is 4.74 Å². The van der Waals surface area contributed by atoms with Crippen LogP contribution in [0.15, 0.2) is 53.5 Å². The topological polar surface area (TPSA) is 59.6 Å². The first kappa shape index (κ1) is 14.4. The normalized spacial score (nSPS) is 20.5. The highest BCUT2D eigenvalue weighted by Crippen LogP contribution is 2.39. The summed E-state index contributed by atoms with van der Waals surface area (Å²) in [6.07, 6.45) is 1.16. The second kappa shape index (κ2) is 6.10. The SMILES string of the molecule is CN=C(N)Nc1cccc(OC2c3ccccc3C[C@H]2C)c1. The van der Waals surface area contributed by atoms with Gasteiger partial charge in [0.2, 0.25) is 0 Å². The van der Waals surface area contributed by atoms with Crippen molar-refractivity contribution in [2.75, 3.05) is 12.4 Å². The molecule has 1 aliphatic carbocycles. The number of rotatable bonds is 3. The lowest BCUT2D eigenvalue weighted by Crippen LogP contribution is -2.22. The molecule has 0 amide bonds. The molecule has 1 aliphatic rings. The molecule has 22 heavy (non-hydrogen) atoms. The van der Waals surface area contributed by atoms with Gasteiger partial charge in [-0.05, 0) is 29.7 Å². The molecule has 114 valence electrons. The second-order valence-corrected chi connectivity index (χ2v) is 5.68. The Hall–Kier alpha value is -2.49. The van der Waals surface area contributed by atoms with E-state index < -0.39 is 0 Å². The van der Waals surface area contributed by atoms with Gasteiger partial charge in [-0.2, -0.15) is 0 Å². The minimum absolute atomic E-state index is 0.101. The van der Waals surface area contributed by atoms with Crippen molar-refractivity contribution in [2.24, 2.45) is 16.6 Å². The quantitative estimate of drug-likeness (QED) is 0.674. The van der Waals surface area contributed by atoms with Crippen LogP contribution in [0.4, 0.5) is 5.69 Å². The molecule has 0 heterocycles. The van der Waals surface area contributed by atoms with Crippen molar-refractivity contribution in [3.63, 3.8) is 0 Å². The number of hydrogen-bond donors (Lipinski definition) is 2. The smallest absolute Gasteiger partial charge is 0.192 e. The number of hydrogen-bond acceptors (Lipinski definition) is 2. The summed E-state index contributed by atoms with van der Waals surface area (Å²) < 4.78 is 6.25. The summed E-state index contributed by atoms with van der Waals surface area (Å²) in [6.45, 7) is 2.23. The molecule has 0 aliphatic heterocycles. The fourth-order valence-electron chi connectivity index (χ4n) is 2.94. The highest BCUT2D eigenvalue weighted by molar-refractivity contribution is 5.92. The Morgan fingerprint density at radius 2 is 2.05 bits per heavy atom. The highest BCUT2D eigenvalue weighted by atomic mass is 16.5. The molecule has 4 nitrogen and oxygen atoms in total. The van der Waals surface area contributed by atoms with Gasteiger partial charge in [-0.3, -0.25) is 4.99 Å². The van der Waals surface area contributed by atoms with Gasteiger partial charge in [-0.15, -0.1) is 0 Å². The second-order valence-electron chi connectivity index (χ2n) is 5.68. The van der Waals surface area contributed by atoms with E-state index in [0.29, 0.717) is 11.9 Å². The third-order valence-corrected chi connectivity index (χ3v) is 4.03. The molecule has 2 aromatic rings. The Morgan fingerprint density at radius 3 is 2.86 bits per heavy atom. The van der Waals surface area contributed by atoms with Crippen LogP contribution in [0, 0.1) is 5.92 Å². The average Bonchev–Trinajstić information content (AvgIpc) is 2.84. The summed E-state index contributed by atoms with van der Waals surface area (Å²) in [5.41, 5.74) is 9.26. The Morgan fingerprint density at radius 1 is 1.23 bits per heavy atom. The van der Waals surface area contributed by atoms with Crippen LogP contribution in [0.2, 0.25) is 0 Å². The molecule has 0 saturated carbocycles. The lowest BCUT2D eigenvalue weighted by molar-refractivity contribution is 0.159. The van der Waals surface area contributed by atoms with E-state index >= 15 is 0 Å². The van der Waals surface area contributed by atoms with Gasteiger partial charge in [0.25, 0.3) is 0 Å². The van der Waals surface area contributed by atoms with Gasteiger partial charge in [0, 0.05) is 24.7 Å². The fourth-order valence-corrected chi connectivity index (χ4v) is 2.94. The Balaban J connectivity index is 1.80. The van der Waals surface area contributed by atoms with Crippen molar-refractivity contribution in [1.82, 2.24) is 0 Å². The first-order valence-corrected chi connectivity index (χ1v) is 7.51. The molecule has 0 spiro atoms. The molecule has 3 N–H and O–H groups in total. The van der Waals surface area contributed by atoms with Crippen molar-refractivity contribution in [1.29, 1.82) is 0 Å². The van der Waals surface area contributed by atoms with E-state index in [-0.39, 0.29) is 6.10 Å². The van der Waals surface area contributed by atoms with Gasteiger partial charge >= 0.3 is 0 Å². The molecule has 2 atom stereocenters. The molecule has 3 rings (SSSR count). The number of nitrogens with zero attached hydrogens (tertiary/aromatic N) is 1. The first-order valence-electron chi connectivity index (χ1n) is 7.51. The molecular weight excluding hydrogens is 274 g/mol. The summed E-state index contributed by atoms with van der Waals surface area (Å²) >= 11 is 0. The molecule has 0 fully saturated rings. The Labute approximate surface area is 131 Å². The lowest BCUT2D eigenvalue weighted by atomic mass is 10.1. The number of nitrogens with two attached hydrogens (primary N) is 1. The van der Waals surface area contributed by atoms with Crippen molar-refractivity contribution in [3.8, 4) is 5.75 Å².